The van der Waals surface area contributed by atoms with Gasteiger partial charge in [-0.3, -0.25) is 10.1 Å². The largest absolute Gasteiger partial charge is 0.430 e. The lowest BCUT2D eigenvalue weighted by Crippen LogP contribution is -1.98. The molecule has 1 aromatic carbocycles. The Labute approximate surface area is 124 Å². The highest BCUT2D eigenvalue weighted by atomic mass is 79.9. The molecule has 0 radical (unpaired) electrons. The summed E-state index contributed by atoms with van der Waals surface area (Å²) < 4.78 is 31.9. The van der Waals surface area contributed by atoms with E-state index in [0.29, 0.717) is 0 Å². The van der Waals surface area contributed by atoms with Crippen molar-refractivity contribution in [2.24, 2.45) is 0 Å². The quantitative estimate of drug-likeness (QED) is 0.457. The molecule has 2 rings (SSSR count). The van der Waals surface area contributed by atoms with E-state index in [9.17, 15) is 18.9 Å². The zero-order chi connectivity index (χ0) is 14.9. The summed E-state index contributed by atoms with van der Waals surface area (Å²) in [6.45, 7) is 0. The van der Waals surface area contributed by atoms with E-state index in [-0.39, 0.29) is 9.50 Å². The van der Waals surface area contributed by atoms with Gasteiger partial charge in [-0.2, -0.15) is 4.39 Å². The number of aromatic nitrogens is 1. The lowest BCUT2D eigenvalue weighted by atomic mass is 10.3. The lowest BCUT2D eigenvalue weighted by molar-refractivity contribution is -0.386. The van der Waals surface area contributed by atoms with E-state index in [2.05, 4.69) is 20.9 Å². The van der Waals surface area contributed by atoms with E-state index in [0.717, 1.165) is 24.4 Å². The van der Waals surface area contributed by atoms with Crippen molar-refractivity contribution in [2.75, 3.05) is 0 Å². The Kier molecular flexibility index (Phi) is 4.15. The fourth-order valence-corrected chi connectivity index (χ4v) is 1.90. The molecule has 9 heteroatoms. The van der Waals surface area contributed by atoms with Gasteiger partial charge in [-0.15, -0.1) is 0 Å². The number of nitrogens with zero attached hydrogens (tertiary/aromatic N) is 2. The first-order chi connectivity index (χ1) is 9.38. The highest BCUT2D eigenvalue weighted by Crippen LogP contribution is 2.34. The van der Waals surface area contributed by atoms with Crippen LogP contribution >= 0.6 is 27.5 Å². The third-order valence-electron chi connectivity index (χ3n) is 2.16. The second-order valence-corrected chi connectivity index (χ2v) is 4.89. The average Bonchev–Trinajstić information content (AvgIpc) is 2.37. The molecular weight excluding hydrogens is 361 g/mol. The van der Waals surface area contributed by atoms with Crippen LogP contribution in [0.25, 0.3) is 0 Å². The number of benzene rings is 1. The minimum absolute atomic E-state index is 0.0185. The van der Waals surface area contributed by atoms with Crippen LogP contribution in [0, 0.1) is 21.7 Å². The van der Waals surface area contributed by atoms with Gasteiger partial charge in [0.05, 0.1) is 16.1 Å². The van der Waals surface area contributed by atoms with Crippen LogP contribution in [0.1, 0.15) is 0 Å². The maximum Gasteiger partial charge on any atom is 0.332 e. The normalized spacial score (nSPS) is 10.4. The van der Waals surface area contributed by atoms with Crippen LogP contribution in [0.5, 0.6) is 11.6 Å². The third-order valence-corrected chi connectivity index (χ3v) is 2.83. The Morgan fingerprint density at radius 3 is 2.70 bits per heavy atom. The molecule has 5 nitrogen and oxygen atoms in total. The summed E-state index contributed by atoms with van der Waals surface area (Å²) in [7, 11) is 0. The van der Waals surface area contributed by atoms with Crippen LogP contribution in [0.2, 0.25) is 5.02 Å². The van der Waals surface area contributed by atoms with Gasteiger partial charge in [-0.05, 0) is 12.1 Å². The molecule has 0 spiro atoms. The van der Waals surface area contributed by atoms with Crippen molar-refractivity contribution < 1.29 is 18.4 Å². The van der Waals surface area contributed by atoms with Crippen molar-refractivity contribution in [1.82, 2.24) is 4.98 Å². The molecule has 0 aliphatic rings. The maximum atomic E-state index is 13.5. The van der Waals surface area contributed by atoms with Crippen molar-refractivity contribution in [3.8, 4) is 11.6 Å². The van der Waals surface area contributed by atoms with Crippen LogP contribution in [-0.2, 0) is 0 Å². The minimum Gasteiger partial charge on any atom is -0.430 e. The molecule has 0 atom stereocenters. The van der Waals surface area contributed by atoms with Crippen molar-refractivity contribution in [2.45, 2.75) is 0 Å². The van der Waals surface area contributed by atoms with Gasteiger partial charge in [0.1, 0.15) is 0 Å². The summed E-state index contributed by atoms with van der Waals surface area (Å²) in [5.41, 5.74) is -0.558. The number of rotatable bonds is 3. The summed E-state index contributed by atoms with van der Waals surface area (Å²) in [6, 6.07) is 3.01. The van der Waals surface area contributed by atoms with Crippen molar-refractivity contribution in [3.63, 3.8) is 0 Å². The van der Waals surface area contributed by atoms with Crippen molar-refractivity contribution in [1.29, 1.82) is 0 Å². The monoisotopic (exact) mass is 364 g/mol. The van der Waals surface area contributed by atoms with E-state index in [1.807, 2.05) is 0 Å². The van der Waals surface area contributed by atoms with Crippen LogP contribution in [-0.4, -0.2) is 9.91 Å². The number of pyridine rings is 1. The molecule has 0 saturated carbocycles. The molecule has 0 fully saturated rings. The van der Waals surface area contributed by atoms with E-state index < -0.39 is 33.9 Å². The van der Waals surface area contributed by atoms with Crippen LogP contribution in [0.15, 0.2) is 28.9 Å². The average molecular weight is 366 g/mol. The molecule has 0 bridgehead atoms. The van der Waals surface area contributed by atoms with E-state index in [1.54, 1.807) is 0 Å². The molecule has 104 valence electrons. The van der Waals surface area contributed by atoms with Gasteiger partial charge in [0.2, 0.25) is 5.82 Å². The Bertz CT molecular complexity index is 700. The van der Waals surface area contributed by atoms with Gasteiger partial charge in [-0.1, -0.05) is 27.5 Å². The zero-order valence-corrected chi connectivity index (χ0v) is 11.8. The summed E-state index contributed by atoms with van der Waals surface area (Å²) in [6.07, 6.45) is 1.09. The van der Waals surface area contributed by atoms with Gasteiger partial charge in [-0.25, -0.2) is 9.37 Å². The fraction of sp³-hybridized carbons (Fsp3) is 0. The van der Waals surface area contributed by atoms with E-state index in [4.69, 9.17) is 16.3 Å². The molecule has 0 unspecified atom stereocenters. The predicted molar refractivity (Wildman–Crippen MR) is 70.0 cm³/mol. The number of hydrogen-bond donors (Lipinski definition) is 0. The lowest BCUT2D eigenvalue weighted by Gasteiger charge is -2.07. The fourth-order valence-electron chi connectivity index (χ4n) is 1.34. The van der Waals surface area contributed by atoms with Crippen molar-refractivity contribution >= 4 is 33.2 Å². The van der Waals surface area contributed by atoms with Gasteiger partial charge in [0.25, 0.3) is 5.88 Å². The smallest absolute Gasteiger partial charge is 0.332 e. The predicted octanol–water partition coefficient (Wildman–Crippen LogP) is 4.48. The molecule has 1 heterocycles. The van der Waals surface area contributed by atoms with Gasteiger partial charge >= 0.3 is 5.69 Å². The minimum atomic E-state index is -1.28. The topological polar surface area (TPSA) is 65.3 Å². The number of nitro groups is 1. The first kappa shape index (κ1) is 14.6. The second kappa shape index (κ2) is 5.68. The molecule has 0 amide bonds. The SMILES string of the molecule is O=[N+]([O-])c1cc(Cl)cnc1Oc1cc(Br)cc(F)c1F. The maximum absolute atomic E-state index is 13.5. The number of hydrogen-bond acceptors (Lipinski definition) is 4. The first-order valence-corrected chi connectivity index (χ1v) is 6.18. The number of ether oxygens (including phenoxy) is 1. The Morgan fingerprint density at radius 2 is 2.05 bits per heavy atom. The molecule has 20 heavy (non-hydrogen) atoms. The highest BCUT2D eigenvalue weighted by molar-refractivity contribution is 9.10. The third kappa shape index (κ3) is 3.02. The second-order valence-electron chi connectivity index (χ2n) is 3.54. The summed E-state index contributed by atoms with van der Waals surface area (Å²) in [5, 5.41) is 10.9. The Morgan fingerprint density at radius 1 is 1.35 bits per heavy atom. The van der Waals surface area contributed by atoms with Gasteiger partial charge < -0.3 is 4.74 Å². The zero-order valence-electron chi connectivity index (χ0n) is 9.44. The molecule has 1 aromatic heterocycles. The molecular formula is C11H4BrClF2N2O3. The molecule has 2 aromatic rings. The summed E-state index contributed by atoms with van der Waals surface area (Å²) in [5.74, 6) is -3.46. The van der Waals surface area contributed by atoms with E-state index in [1.165, 1.54) is 0 Å². The van der Waals surface area contributed by atoms with Crippen LogP contribution in [0.3, 0.4) is 0 Å². The first-order valence-electron chi connectivity index (χ1n) is 5.01. The highest BCUT2D eigenvalue weighted by Gasteiger charge is 2.21. The standard InChI is InChI=1S/C11H4BrClF2N2O3/c12-5-1-7(14)10(15)9(2-5)20-11-8(17(18)19)3-6(13)4-16-11/h1-4H. The molecule has 0 aliphatic carbocycles. The van der Waals surface area contributed by atoms with Crippen molar-refractivity contribution in [3.05, 3.63) is 55.6 Å². The van der Waals surface area contributed by atoms with Crippen LogP contribution < -0.4 is 4.74 Å². The number of halogens is 4. The van der Waals surface area contributed by atoms with Crippen LogP contribution in [0.4, 0.5) is 14.5 Å². The van der Waals surface area contributed by atoms with E-state index >= 15 is 0 Å². The molecule has 0 aliphatic heterocycles. The van der Waals surface area contributed by atoms with Gasteiger partial charge in [0.15, 0.2) is 11.6 Å². The molecule has 0 saturated heterocycles. The molecule has 0 N–H and O–H groups in total. The Balaban J connectivity index is 2.48. The van der Waals surface area contributed by atoms with Gasteiger partial charge in [0, 0.05) is 10.5 Å². The Hall–Kier alpha value is -1.80. The summed E-state index contributed by atoms with van der Waals surface area (Å²) in [4.78, 5) is 13.6. The summed E-state index contributed by atoms with van der Waals surface area (Å²) >= 11 is 8.54.